The fourth-order valence-electron chi connectivity index (χ4n) is 1.56. The first kappa shape index (κ1) is 13.6. The van der Waals surface area contributed by atoms with Crippen LogP contribution in [0.5, 0.6) is 0 Å². The van der Waals surface area contributed by atoms with E-state index in [1.165, 1.54) is 5.56 Å². The van der Waals surface area contributed by atoms with Crippen LogP contribution < -0.4 is 0 Å². The molecule has 1 rings (SSSR count). The van der Waals surface area contributed by atoms with Gasteiger partial charge in [-0.15, -0.1) is 6.58 Å². The minimum Gasteiger partial charge on any atom is -0.501 e. The summed E-state index contributed by atoms with van der Waals surface area (Å²) in [7, 11) is 0. The molecule has 0 aliphatic rings. The molecule has 1 aromatic carbocycles. The Bertz CT molecular complexity index is 353. The van der Waals surface area contributed by atoms with Crippen molar-refractivity contribution in [1.82, 2.24) is 0 Å². The van der Waals surface area contributed by atoms with Gasteiger partial charge in [-0.25, -0.2) is 0 Å². The quantitative estimate of drug-likeness (QED) is 0.382. The second-order valence-electron chi connectivity index (χ2n) is 4.38. The lowest BCUT2D eigenvalue weighted by molar-refractivity contribution is 0.241. The van der Waals surface area contributed by atoms with Crippen LogP contribution in [0.15, 0.2) is 55.3 Å². The highest BCUT2D eigenvalue weighted by molar-refractivity contribution is 5.34. The van der Waals surface area contributed by atoms with Crippen molar-refractivity contribution in [2.24, 2.45) is 0 Å². The van der Waals surface area contributed by atoms with Crippen LogP contribution in [0.3, 0.4) is 0 Å². The summed E-state index contributed by atoms with van der Waals surface area (Å²) in [6.45, 7) is 9.00. The Morgan fingerprint density at radius 2 is 2.00 bits per heavy atom. The number of rotatable bonds is 7. The van der Waals surface area contributed by atoms with Crippen molar-refractivity contribution in [3.63, 3.8) is 0 Å². The molecule has 0 aliphatic carbocycles. The Morgan fingerprint density at radius 3 is 2.59 bits per heavy atom. The van der Waals surface area contributed by atoms with E-state index in [9.17, 15) is 0 Å². The largest absolute Gasteiger partial charge is 0.501 e. The molecule has 92 valence electrons. The van der Waals surface area contributed by atoms with E-state index in [1.54, 1.807) is 6.26 Å². The number of ether oxygens (including phenoxy) is 1. The highest BCUT2D eigenvalue weighted by Crippen LogP contribution is 2.26. The zero-order chi connectivity index (χ0) is 12.6. The minimum atomic E-state index is -0.159. The van der Waals surface area contributed by atoms with Crippen molar-refractivity contribution < 1.29 is 4.74 Å². The Morgan fingerprint density at radius 1 is 1.29 bits per heavy atom. The smallest absolute Gasteiger partial charge is 0.0873 e. The van der Waals surface area contributed by atoms with Crippen LogP contribution in [0.25, 0.3) is 0 Å². The number of hydrogen-bond acceptors (Lipinski definition) is 1. The van der Waals surface area contributed by atoms with Gasteiger partial charge in [-0.2, -0.15) is 0 Å². The van der Waals surface area contributed by atoms with Gasteiger partial charge in [0.2, 0.25) is 0 Å². The molecule has 0 aromatic heterocycles. The summed E-state index contributed by atoms with van der Waals surface area (Å²) in [4.78, 5) is 0. The number of allylic oxidation sites excluding steroid dienone is 2. The van der Waals surface area contributed by atoms with Gasteiger partial charge in [-0.05, 0) is 25.0 Å². The van der Waals surface area contributed by atoms with E-state index in [4.69, 9.17) is 4.74 Å². The molecule has 0 unspecified atom stereocenters. The molecule has 0 radical (unpaired) electrons. The van der Waals surface area contributed by atoms with Gasteiger partial charge in [0.05, 0.1) is 12.9 Å². The van der Waals surface area contributed by atoms with Crippen LogP contribution in [0.4, 0.5) is 0 Å². The summed E-state index contributed by atoms with van der Waals surface area (Å²) < 4.78 is 5.46. The minimum absolute atomic E-state index is 0.159. The normalized spacial score (nSPS) is 14.5. The molecule has 0 amide bonds. The maximum absolute atomic E-state index is 5.46. The summed E-state index contributed by atoms with van der Waals surface area (Å²) >= 11 is 0. The van der Waals surface area contributed by atoms with E-state index >= 15 is 0 Å². The molecule has 0 N–H and O–H groups in total. The van der Waals surface area contributed by atoms with Crippen molar-refractivity contribution in [2.45, 2.75) is 32.1 Å². The highest BCUT2D eigenvalue weighted by atomic mass is 16.5. The molecular formula is C16H22O. The molecule has 0 saturated heterocycles. The first-order valence-electron chi connectivity index (χ1n) is 6.21. The second-order valence-corrected chi connectivity index (χ2v) is 4.38. The fraction of sp³-hybridized carbons (Fsp3) is 0.375. The van der Waals surface area contributed by atoms with E-state index in [0.29, 0.717) is 0 Å². The number of unbranched alkanes of at least 4 members (excludes halogenated alkanes) is 1. The lowest BCUT2D eigenvalue weighted by Gasteiger charge is -2.21. The van der Waals surface area contributed by atoms with Gasteiger partial charge in [0.25, 0.3) is 0 Å². The Labute approximate surface area is 105 Å². The van der Waals surface area contributed by atoms with Gasteiger partial charge in [-0.1, -0.05) is 49.8 Å². The van der Waals surface area contributed by atoms with Crippen molar-refractivity contribution in [1.29, 1.82) is 0 Å². The van der Waals surface area contributed by atoms with Crippen molar-refractivity contribution in [3.8, 4) is 0 Å². The fourth-order valence-corrected chi connectivity index (χ4v) is 1.56. The lowest BCUT2D eigenvalue weighted by atomic mass is 9.83. The summed E-state index contributed by atoms with van der Waals surface area (Å²) in [6, 6.07) is 10.3. The van der Waals surface area contributed by atoms with Gasteiger partial charge in [0.1, 0.15) is 0 Å². The van der Waals surface area contributed by atoms with E-state index in [2.05, 4.69) is 38.6 Å². The molecule has 1 nitrogen and oxygen atoms in total. The van der Waals surface area contributed by atoms with Gasteiger partial charge < -0.3 is 4.74 Å². The first-order valence-corrected chi connectivity index (χ1v) is 6.21. The Hall–Kier alpha value is -1.50. The third-order valence-electron chi connectivity index (χ3n) is 2.95. The SMILES string of the molecule is C=C[C@@](C)(/C=C\OCCCC)c1ccccc1. The maximum atomic E-state index is 5.46. The van der Waals surface area contributed by atoms with Crippen LogP contribution in [0.1, 0.15) is 32.3 Å². The molecule has 0 bridgehead atoms. The maximum Gasteiger partial charge on any atom is 0.0873 e. The third-order valence-corrected chi connectivity index (χ3v) is 2.95. The van der Waals surface area contributed by atoms with Crippen LogP contribution >= 0.6 is 0 Å². The van der Waals surface area contributed by atoms with Crippen molar-refractivity contribution in [2.75, 3.05) is 6.61 Å². The molecule has 0 heterocycles. The third kappa shape index (κ3) is 4.10. The van der Waals surface area contributed by atoms with Gasteiger partial charge in [0, 0.05) is 5.41 Å². The van der Waals surface area contributed by atoms with Crippen LogP contribution in [-0.2, 0) is 10.2 Å². The molecule has 1 aromatic rings. The van der Waals surface area contributed by atoms with E-state index in [-0.39, 0.29) is 5.41 Å². The Kier molecular flexibility index (Phi) is 5.55. The highest BCUT2D eigenvalue weighted by Gasteiger charge is 2.18. The van der Waals surface area contributed by atoms with Crippen LogP contribution in [-0.4, -0.2) is 6.61 Å². The molecule has 1 heteroatoms. The Balaban J connectivity index is 2.66. The number of benzene rings is 1. The topological polar surface area (TPSA) is 9.23 Å². The average Bonchev–Trinajstić information content (AvgIpc) is 2.39. The zero-order valence-corrected chi connectivity index (χ0v) is 10.9. The molecular weight excluding hydrogens is 208 g/mol. The zero-order valence-electron chi connectivity index (χ0n) is 10.9. The number of hydrogen-bond donors (Lipinski definition) is 0. The molecule has 0 aliphatic heterocycles. The van der Waals surface area contributed by atoms with E-state index in [0.717, 1.165) is 19.4 Å². The lowest BCUT2D eigenvalue weighted by Crippen LogP contribution is -2.15. The molecule has 0 spiro atoms. The molecule has 1 atom stereocenters. The van der Waals surface area contributed by atoms with Crippen LogP contribution in [0, 0.1) is 0 Å². The molecule has 0 fully saturated rings. The standard InChI is InChI=1S/C16H22O/c1-4-6-13-17-14-12-16(3,5-2)15-10-8-7-9-11-15/h5,7-12,14H,2,4,6,13H2,1,3H3/b14-12-/t16-/m0/s1. The van der Waals surface area contributed by atoms with Crippen molar-refractivity contribution >= 4 is 0 Å². The average molecular weight is 230 g/mol. The van der Waals surface area contributed by atoms with Crippen LogP contribution in [0.2, 0.25) is 0 Å². The van der Waals surface area contributed by atoms with E-state index < -0.39 is 0 Å². The predicted molar refractivity (Wildman–Crippen MR) is 74.0 cm³/mol. The monoisotopic (exact) mass is 230 g/mol. The molecule has 0 saturated carbocycles. The van der Waals surface area contributed by atoms with Gasteiger partial charge >= 0.3 is 0 Å². The summed E-state index contributed by atoms with van der Waals surface area (Å²) in [5.41, 5.74) is 1.07. The molecule has 17 heavy (non-hydrogen) atoms. The van der Waals surface area contributed by atoms with Crippen molar-refractivity contribution in [3.05, 3.63) is 60.9 Å². The second kappa shape index (κ2) is 6.95. The first-order chi connectivity index (χ1) is 8.23. The summed E-state index contributed by atoms with van der Waals surface area (Å²) in [5, 5.41) is 0. The predicted octanol–water partition coefficient (Wildman–Crippen LogP) is 4.46. The van der Waals surface area contributed by atoms with Gasteiger partial charge in [0.15, 0.2) is 0 Å². The van der Waals surface area contributed by atoms with E-state index in [1.807, 2.05) is 24.3 Å². The summed E-state index contributed by atoms with van der Waals surface area (Å²) in [5.74, 6) is 0. The summed E-state index contributed by atoms with van der Waals surface area (Å²) in [6.07, 6.45) is 8.06. The van der Waals surface area contributed by atoms with Gasteiger partial charge in [-0.3, -0.25) is 0 Å².